The topological polar surface area (TPSA) is 115 Å². The molecule has 216 valence electrons. The van der Waals surface area contributed by atoms with Crippen molar-refractivity contribution >= 4 is 17.9 Å². The summed E-state index contributed by atoms with van der Waals surface area (Å²) in [6.07, 6.45) is 29.2. The molecule has 7 nitrogen and oxygen atoms in total. The zero-order chi connectivity index (χ0) is 27.6. The number of quaternary nitrogens is 1. The molecule has 0 radical (unpaired) electrons. The highest BCUT2D eigenvalue weighted by atomic mass is 16.4. The molecule has 0 aliphatic carbocycles. The molecule has 0 amide bonds. The average molecular weight is 526 g/mol. The van der Waals surface area contributed by atoms with Crippen molar-refractivity contribution < 1.29 is 34.2 Å². The minimum atomic E-state index is -1.42. The Balaban J connectivity index is 3.68. The largest absolute Gasteiger partial charge is 0.544 e. The molecule has 0 aliphatic heterocycles. The Morgan fingerprint density at radius 1 is 0.568 bits per heavy atom. The van der Waals surface area contributed by atoms with Gasteiger partial charge in [0, 0.05) is 0 Å². The Morgan fingerprint density at radius 3 is 1.27 bits per heavy atom. The first-order valence-electron chi connectivity index (χ1n) is 14.9. The van der Waals surface area contributed by atoms with Crippen LogP contribution >= 0.6 is 0 Å². The number of hydrogen-bond acceptors (Lipinski definition) is 4. The van der Waals surface area contributed by atoms with Gasteiger partial charge in [0.25, 0.3) is 0 Å². The first-order chi connectivity index (χ1) is 17.8. The van der Waals surface area contributed by atoms with Crippen molar-refractivity contribution in [2.45, 2.75) is 135 Å². The van der Waals surface area contributed by atoms with Gasteiger partial charge < -0.3 is 24.6 Å². The maximum Gasteiger partial charge on any atom is 0.359 e. The number of hydrogen-bond donors (Lipinski definition) is 2. The van der Waals surface area contributed by atoms with Gasteiger partial charge >= 0.3 is 11.9 Å². The van der Waals surface area contributed by atoms with Crippen molar-refractivity contribution in [2.75, 3.05) is 26.2 Å². The smallest absolute Gasteiger partial charge is 0.359 e. The molecule has 0 fully saturated rings. The fraction of sp³-hybridized carbons (Fsp3) is 0.833. The van der Waals surface area contributed by atoms with E-state index in [1.165, 1.54) is 83.5 Å². The molecule has 37 heavy (non-hydrogen) atoms. The lowest BCUT2D eigenvalue weighted by molar-refractivity contribution is -0.909. The zero-order valence-corrected chi connectivity index (χ0v) is 23.6. The van der Waals surface area contributed by atoms with Gasteiger partial charge in [-0.2, -0.15) is 0 Å². The Labute approximate surface area is 225 Å². The summed E-state index contributed by atoms with van der Waals surface area (Å²) in [4.78, 5) is 33.4. The first-order valence-corrected chi connectivity index (χ1v) is 14.9. The Hall–Kier alpha value is -1.89. The van der Waals surface area contributed by atoms with E-state index in [0.29, 0.717) is 6.42 Å². The third-order valence-corrected chi connectivity index (χ3v) is 7.05. The minimum Gasteiger partial charge on any atom is -0.544 e. The zero-order valence-electron chi connectivity index (χ0n) is 23.6. The Morgan fingerprint density at radius 2 is 0.919 bits per heavy atom. The number of rotatable bonds is 28. The van der Waals surface area contributed by atoms with E-state index in [1.807, 2.05) is 0 Å². The fourth-order valence-corrected chi connectivity index (χ4v) is 5.01. The molecule has 0 saturated carbocycles. The Bertz CT molecular complexity index is 578. The number of carbonyl (C=O) groups is 3. The predicted molar refractivity (Wildman–Crippen MR) is 147 cm³/mol. The van der Waals surface area contributed by atoms with Crippen LogP contribution in [0.5, 0.6) is 0 Å². The van der Waals surface area contributed by atoms with E-state index in [2.05, 4.69) is 19.1 Å². The second kappa shape index (κ2) is 24.4. The molecular weight excluding hydrogens is 470 g/mol. The van der Waals surface area contributed by atoms with Crippen LogP contribution in [0.4, 0.5) is 0 Å². The van der Waals surface area contributed by atoms with E-state index < -0.39 is 42.0 Å². The second-order valence-corrected chi connectivity index (χ2v) is 10.8. The van der Waals surface area contributed by atoms with Gasteiger partial charge in [-0.3, -0.25) is 0 Å². The van der Waals surface area contributed by atoms with Crippen LogP contribution in [0.1, 0.15) is 135 Å². The van der Waals surface area contributed by atoms with Crippen molar-refractivity contribution in [1.82, 2.24) is 0 Å². The lowest BCUT2D eigenvalue weighted by atomic mass is 10.0. The highest BCUT2D eigenvalue weighted by Crippen LogP contribution is 2.14. The van der Waals surface area contributed by atoms with Crippen LogP contribution in [-0.4, -0.2) is 58.8 Å². The number of nitrogens with zero attached hydrogens (tertiary/aromatic N) is 1. The molecule has 0 bridgehead atoms. The van der Waals surface area contributed by atoms with Gasteiger partial charge in [0.2, 0.25) is 0 Å². The summed E-state index contributed by atoms with van der Waals surface area (Å²) in [5.74, 6) is -3.82. The number of carbonyl (C=O) groups excluding carboxylic acids is 1. The van der Waals surface area contributed by atoms with Crippen LogP contribution in [0.3, 0.4) is 0 Å². The monoisotopic (exact) mass is 525 g/mol. The molecule has 0 aliphatic rings. The van der Waals surface area contributed by atoms with E-state index in [-0.39, 0.29) is 6.54 Å². The molecule has 7 heteroatoms. The van der Waals surface area contributed by atoms with E-state index in [1.54, 1.807) is 0 Å². The van der Waals surface area contributed by atoms with Crippen LogP contribution in [-0.2, 0) is 14.4 Å². The SMILES string of the molecule is CCCCCCCCCCCCCCC/C=C/CCCCCCC[N+](CC(=O)[O-])(CC(=O)O)CC(=O)O. The molecule has 0 spiro atoms. The number of carboxylic acid groups (broad SMARTS) is 3. The molecule has 0 rings (SSSR count). The molecule has 2 N–H and O–H groups in total. The highest BCUT2D eigenvalue weighted by Gasteiger charge is 2.33. The molecule has 0 aromatic rings. The fourth-order valence-electron chi connectivity index (χ4n) is 5.01. The van der Waals surface area contributed by atoms with Gasteiger partial charge in [-0.1, -0.05) is 109 Å². The van der Waals surface area contributed by atoms with Crippen molar-refractivity contribution in [1.29, 1.82) is 0 Å². The molecule has 0 heterocycles. The van der Waals surface area contributed by atoms with Crippen LogP contribution in [0.2, 0.25) is 0 Å². The van der Waals surface area contributed by atoms with Crippen LogP contribution in [0.25, 0.3) is 0 Å². The number of allylic oxidation sites excluding steroid dienone is 2. The summed E-state index contributed by atoms with van der Waals surface area (Å²) in [5.41, 5.74) is 0. The van der Waals surface area contributed by atoms with Gasteiger partial charge in [0.15, 0.2) is 13.1 Å². The summed E-state index contributed by atoms with van der Waals surface area (Å²) in [6, 6.07) is 0. The van der Waals surface area contributed by atoms with E-state index in [9.17, 15) is 19.5 Å². The van der Waals surface area contributed by atoms with Crippen molar-refractivity contribution in [3.63, 3.8) is 0 Å². The van der Waals surface area contributed by atoms with Crippen molar-refractivity contribution in [3.05, 3.63) is 12.2 Å². The summed E-state index contributed by atoms with van der Waals surface area (Å²) in [6.45, 7) is 0.839. The lowest BCUT2D eigenvalue weighted by Crippen LogP contribution is -2.59. The highest BCUT2D eigenvalue weighted by molar-refractivity contribution is 5.72. The minimum absolute atomic E-state index is 0.214. The van der Waals surface area contributed by atoms with Crippen LogP contribution < -0.4 is 5.11 Å². The summed E-state index contributed by atoms with van der Waals surface area (Å²) in [5, 5.41) is 29.3. The number of aliphatic carboxylic acids is 3. The van der Waals surface area contributed by atoms with Crippen molar-refractivity contribution in [3.8, 4) is 0 Å². The standard InChI is InChI=1S/C30H55NO6/c1-2-3-4-5-6-7-8-9-10-11-12-13-14-15-16-17-18-19-20-21-22-23-24-31(25-28(32)33,26-29(34)35)27-30(36)37/h16-17H,2-15,18-27H2,1H3,(H2-,32,33,34,35,36,37)/b17-16+. The molecule has 0 aromatic carbocycles. The predicted octanol–water partition coefficient (Wildman–Crippen LogP) is 6.10. The second-order valence-electron chi connectivity index (χ2n) is 10.8. The molecule has 0 unspecified atom stereocenters. The number of unbranched alkanes of at least 4 members (excludes halogenated alkanes) is 18. The van der Waals surface area contributed by atoms with Gasteiger partial charge in [-0.05, 0) is 38.5 Å². The molecular formula is C30H55NO6. The van der Waals surface area contributed by atoms with Crippen LogP contribution in [0.15, 0.2) is 12.2 Å². The van der Waals surface area contributed by atoms with E-state index in [4.69, 9.17) is 10.2 Å². The number of carboxylic acids is 3. The summed E-state index contributed by atoms with van der Waals surface area (Å²) < 4.78 is -0.505. The summed E-state index contributed by atoms with van der Waals surface area (Å²) >= 11 is 0. The maximum absolute atomic E-state index is 11.2. The maximum atomic E-state index is 11.2. The molecule has 0 atom stereocenters. The van der Waals surface area contributed by atoms with E-state index >= 15 is 0 Å². The van der Waals surface area contributed by atoms with Gasteiger partial charge in [0.1, 0.15) is 6.54 Å². The third-order valence-electron chi connectivity index (χ3n) is 7.05. The normalized spacial score (nSPS) is 11.8. The third kappa shape index (κ3) is 24.2. The molecule has 0 saturated heterocycles. The van der Waals surface area contributed by atoms with Gasteiger partial charge in [-0.15, -0.1) is 0 Å². The average Bonchev–Trinajstić information content (AvgIpc) is 2.81. The Kier molecular flexibility index (Phi) is 23.2. The van der Waals surface area contributed by atoms with E-state index in [0.717, 1.165) is 38.5 Å². The quantitative estimate of drug-likeness (QED) is 0.0724. The lowest BCUT2D eigenvalue weighted by Gasteiger charge is -2.36. The van der Waals surface area contributed by atoms with Gasteiger partial charge in [-0.25, -0.2) is 9.59 Å². The summed E-state index contributed by atoms with van der Waals surface area (Å²) in [7, 11) is 0. The first kappa shape index (κ1) is 35.1. The van der Waals surface area contributed by atoms with Crippen molar-refractivity contribution in [2.24, 2.45) is 0 Å². The van der Waals surface area contributed by atoms with Gasteiger partial charge in [0.05, 0.1) is 12.5 Å². The molecule has 0 aromatic heterocycles. The van der Waals surface area contributed by atoms with Crippen LogP contribution in [0, 0.1) is 0 Å².